The number of aliphatic carboxylic acids is 1. The predicted molar refractivity (Wildman–Crippen MR) is 63.8 cm³/mol. The van der Waals surface area contributed by atoms with E-state index in [1.165, 1.54) is 18.2 Å². The third kappa shape index (κ3) is 3.99. The van der Waals surface area contributed by atoms with Gasteiger partial charge in [-0.05, 0) is 18.2 Å². The zero-order valence-electron chi connectivity index (χ0n) is 8.87. The van der Waals surface area contributed by atoms with Crippen molar-refractivity contribution in [1.29, 1.82) is 0 Å². The lowest BCUT2D eigenvalue weighted by Crippen LogP contribution is -2.32. The van der Waals surface area contributed by atoms with Crippen LogP contribution in [0.3, 0.4) is 0 Å². The Morgan fingerprint density at radius 2 is 2.11 bits per heavy atom. The summed E-state index contributed by atoms with van der Waals surface area (Å²) in [5, 5.41) is 8.84. The molecule has 0 heterocycles. The molecule has 0 aliphatic carbocycles. The van der Waals surface area contributed by atoms with E-state index in [1.807, 2.05) is 0 Å². The summed E-state index contributed by atoms with van der Waals surface area (Å²) in [6.45, 7) is 0. The number of nitrogens with two attached hydrogens (primary N) is 1. The van der Waals surface area contributed by atoms with Crippen molar-refractivity contribution in [2.24, 2.45) is 5.92 Å². The highest BCUT2D eigenvalue weighted by molar-refractivity contribution is 7.99. The summed E-state index contributed by atoms with van der Waals surface area (Å²) in [5.74, 6) is -4.99. The number of anilines is 1. The van der Waals surface area contributed by atoms with Gasteiger partial charge in [-0.3, -0.25) is 4.79 Å². The van der Waals surface area contributed by atoms with E-state index in [2.05, 4.69) is 0 Å². The summed E-state index contributed by atoms with van der Waals surface area (Å²) in [4.78, 5) is 10.9. The molecule has 0 aliphatic rings. The van der Waals surface area contributed by atoms with Crippen LogP contribution in [0.15, 0.2) is 23.1 Å². The van der Waals surface area contributed by atoms with Crippen molar-refractivity contribution in [3.63, 3.8) is 0 Å². The number of carbonyl (C=O) groups is 1. The van der Waals surface area contributed by atoms with Gasteiger partial charge in [-0.1, -0.05) is 11.6 Å². The molecule has 1 aromatic carbocycles. The van der Waals surface area contributed by atoms with Crippen LogP contribution >= 0.6 is 23.4 Å². The molecule has 0 saturated carbocycles. The summed E-state index contributed by atoms with van der Waals surface area (Å²) in [6, 6.07) is 4.35. The van der Waals surface area contributed by atoms with Gasteiger partial charge in [0, 0.05) is 21.4 Å². The molecule has 0 aliphatic heterocycles. The molecule has 0 aromatic heterocycles. The number of alkyl halides is 3. The quantitative estimate of drug-likeness (QED) is 0.661. The second-order valence-corrected chi connectivity index (χ2v) is 4.92. The topological polar surface area (TPSA) is 63.3 Å². The van der Waals surface area contributed by atoms with Gasteiger partial charge in [0.05, 0.1) is 0 Å². The molecular weight excluding hydrogens is 291 g/mol. The van der Waals surface area contributed by atoms with Gasteiger partial charge >= 0.3 is 12.1 Å². The monoisotopic (exact) mass is 299 g/mol. The molecule has 0 bridgehead atoms. The van der Waals surface area contributed by atoms with Crippen LogP contribution in [-0.4, -0.2) is 23.0 Å². The Morgan fingerprint density at radius 1 is 1.50 bits per heavy atom. The summed E-state index contributed by atoms with van der Waals surface area (Å²) in [5.41, 5.74) is 5.81. The lowest BCUT2D eigenvalue weighted by molar-refractivity contribution is -0.188. The smallest absolute Gasteiger partial charge is 0.403 e. The third-order valence-electron chi connectivity index (χ3n) is 2.07. The summed E-state index contributed by atoms with van der Waals surface area (Å²) < 4.78 is 37.2. The number of hydrogen-bond donors (Lipinski definition) is 2. The van der Waals surface area contributed by atoms with Gasteiger partial charge in [0.15, 0.2) is 5.92 Å². The average molecular weight is 300 g/mol. The molecule has 0 amide bonds. The molecule has 1 rings (SSSR count). The number of carboxylic acids is 1. The fourth-order valence-electron chi connectivity index (χ4n) is 1.11. The van der Waals surface area contributed by atoms with Gasteiger partial charge < -0.3 is 10.8 Å². The number of rotatable bonds is 4. The average Bonchev–Trinajstić information content (AvgIpc) is 2.20. The van der Waals surface area contributed by atoms with Crippen molar-refractivity contribution in [3.05, 3.63) is 23.2 Å². The summed E-state index contributed by atoms with van der Waals surface area (Å²) >= 11 is 6.39. The second kappa shape index (κ2) is 5.71. The van der Waals surface area contributed by atoms with Crippen molar-refractivity contribution in [1.82, 2.24) is 0 Å². The first kappa shape index (κ1) is 15.0. The van der Waals surface area contributed by atoms with Crippen LogP contribution < -0.4 is 5.73 Å². The van der Waals surface area contributed by atoms with Crippen molar-refractivity contribution in [3.8, 4) is 0 Å². The minimum Gasteiger partial charge on any atom is -0.481 e. The molecule has 1 aromatic rings. The standard InChI is InChI=1S/C10H9ClF3NO2S/c11-5-1-2-7(15)8(3-5)18-4-6(9(16)17)10(12,13)14/h1-3,6H,4,15H2,(H,16,17). The molecule has 0 spiro atoms. The molecule has 0 fully saturated rings. The van der Waals surface area contributed by atoms with Gasteiger partial charge in [-0.2, -0.15) is 13.2 Å². The van der Waals surface area contributed by atoms with Gasteiger partial charge in [-0.15, -0.1) is 11.8 Å². The number of nitrogen functional groups attached to an aromatic ring is 1. The van der Waals surface area contributed by atoms with Crippen molar-refractivity contribution in [2.45, 2.75) is 11.1 Å². The lowest BCUT2D eigenvalue weighted by Gasteiger charge is -2.16. The lowest BCUT2D eigenvalue weighted by atomic mass is 10.2. The normalized spacial score (nSPS) is 13.3. The van der Waals surface area contributed by atoms with Crippen molar-refractivity contribution >= 4 is 35.0 Å². The summed E-state index contributed by atoms with van der Waals surface area (Å²) in [6.07, 6.45) is -4.79. The SMILES string of the molecule is Nc1ccc(Cl)cc1SCC(C(=O)O)C(F)(F)F. The van der Waals surface area contributed by atoms with E-state index in [9.17, 15) is 18.0 Å². The highest BCUT2D eigenvalue weighted by atomic mass is 35.5. The number of carboxylic acid groups (broad SMARTS) is 1. The van der Waals surface area contributed by atoms with Crippen LogP contribution in [-0.2, 0) is 4.79 Å². The van der Waals surface area contributed by atoms with Gasteiger partial charge in [-0.25, -0.2) is 0 Å². The molecule has 8 heteroatoms. The predicted octanol–water partition coefficient (Wildman–Crippen LogP) is 3.28. The van der Waals surface area contributed by atoms with E-state index in [-0.39, 0.29) is 5.69 Å². The minimum atomic E-state index is -4.79. The van der Waals surface area contributed by atoms with Gasteiger partial charge in [0.2, 0.25) is 0 Å². The van der Waals surface area contributed by atoms with Crippen LogP contribution in [0, 0.1) is 5.92 Å². The fraction of sp³-hybridized carbons (Fsp3) is 0.300. The van der Waals surface area contributed by atoms with Crippen molar-refractivity contribution in [2.75, 3.05) is 11.5 Å². The van der Waals surface area contributed by atoms with Crippen LogP contribution in [0.2, 0.25) is 5.02 Å². The third-order valence-corrected chi connectivity index (χ3v) is 3.47. The minimum absolute atomic E-state index is 0.260. The maximum atomic E-state index is 12.4. The largest absolute Gasteiger partial charge is 0.481 e. The van der Waals surface area contributed by atoms with Crippen LogP contribution in [0.4, 0.5) is 18.9 Å². The summed E-state index contributed by atoms with van der Waals surface area (Å²) in [7, 11) is 0. The Bertz CT molecular complexity index is 453. The fourth-order valence-corrected chi connectivity index (χ4v) is 2.47. The zero-order valence-corrected chi connectivity index (χ0v) is 10.4. The molecule has 0 saturated heterocycles. The second-order valence-electron chi connectivity index (χ2n) is 3.43. The van der Waals surface area contributed by atoms with Crippen LogP contribution in [0.25, 0.3) is 0 Å². The molecule has 3 nitrogen and oxygen atoms in total. The first-order valence-corrected chi connectivity index (χ1v) is 6.05. The molecule has 18 heavy (non-hydrogen) atoms. The Hall–Kier alpha value is -1.08. The maximum Gasteiger partial charge on any atom is 0.403 e. The highest BCUT2D eigenvalue weighted by Gasteiger charge is 2.44. The maximum absolute atomic E-state index is 12.4. The molecule has 1 atom stereocenters. The van der Waals surface area contributed by atoms with E-state index < -0.39 is 23.8 Å². The van der Waals surface area contributed by atoms with E-state index in [4.69, 9.17) is 22.4 Å². The zero-order chi connectivity index (χ0) is 13.9. The van der Waals surface area contributed by atoms with E-state index in [1.54, 1.807) is 0 Å². The van der Waals surface area contributed by atoms with Crippen LogP contribution in [0.1, 0.15) is 0 Å². The Labute approximate surface area is 110 Å². The van der Waals surface area contributed by atoms with Crippen molar-refractivity contribution < 1.29 is 23.1 Å². The molecule has 1 unspecified atom stereocenters. The Morgan fingerprint density at radius 3 is 2.61 bits per heavy atom. The first-order chi connectivity index (χ1) is 8.21. The molecule has 0 radical (unpaired) electrons. The molecule has 3 N–H and O–H groups in total. The van der Waals surface area contributed by atoms with Gasteiger partial charge in [0.25, 0.3) is 0 Å². The Balaban J connectivity index is 2.79. The number of hydrogen-bond acceptors (Lipinski definition) is 3. The van der Waals surface area contributed by atoms with E-state index in [0.717, 1.165) is 0 Å². The number of thioether (sulfide) groups is 1. The molecule has 100 valence electrons. The number of halogens is 4. The number of benzene rings is 1. The molecular formula is C10H9ClF3NO2S. The van der Waals surface area contributed by atoms with E-state index in [0.29, 0.717) is 21.7 Å². The highest BCUT2D eigenvalue weighted by Crippen LogP contribution is 2.34. The van der Waals surface area contributed by atoms with Gasteiger partial charge in [0.1, 0.15) is 0 Å². The van der Waals surface area contributed by atoms with Crippen LogP contribution in [0.5, 0.6) is 0 Å². The Kier molecular flexibility index (Phi) is 4.75. The van der Waals surface area contributed by atoms with E-state index >= 15 is 0 Å². The first-order valence-electron chi connectivity index (χ1n) is 4.69.